The molecule has 1 aromatic heterocycles. The Morgan fingerprint density at radius 1 is 1.50 bits per heavy atom. The molecule has 0 amide bonds. The van der Waals surface area contributed by atoms with E-state index >= 15 is 0 Å². The van der Waals surface area contributed by atoms with Crippen molar-refractivity contribution in [3.63, 3.8) is 0 Å². The molecule has 4 heteroatoms. The predicted molar refractivity (Wildman–Crippen MR) is 45.6 cm³/mol. The van der Waals surface area contributed by atoms with Crippen molar-refractivity contribution in [3.05, 3.63) is 11.6 Å². The van der Waals surface area contributed by atoms with E-state index in [-0.39, 0.29) is 6.04 Å². The van der Waals surface area contributed by atoms with E-state index in [1.54, 1.807) is 0 Å². The Kier molecular flexibility index (Phi) is 1.84. The number of hydrogen-bond donors (Lipinski definition) is 1. The van der Waals surface area contributed by atoms with Gasteiger partial charge in [-0.3, -0.25) is 0 Å². The molecule has 0 saturated heterocycles. The highest BCUT2D eigenvalue weighted by Gasteiger charge is 2.15. The molecule has 0 aliphatic carbocycles. The van der Waals surface area contributed by atoms with E-state index in [2.05, 4.69) is 10.1 Å². The molecule has 1 aromatic rings. The Hall–Kier alpha value is -0.900. The van der Waals surface area contributed by atoms with Crippen LogP contribution in [0.3, 0.4) is 0 Å². The molecule has 2 rings (SSSR count). The quantitative estimate of drug-likeness (QED) is 0.666. The number of nitrogens with two attached hydrogens (primary N) is 1. The molecule has 0 spiro atoms. The van der Waals surface area contributed by atoms with Gasteiger partial charge >= 0.3 is 0 Å². The standard InChI is InChI=1S/C8H14N4/c1-6(9)8-10-7-4-2-3-5-12(7)11-8/h6H,2-5,9H2,1H3. The number of nitrogens with zero attached hydrogens (tertiary/aromatic N) is 3. The highest BCUT2D eigenvalue weighted by molar-refractivity contribution is 4.98. The minimum atomic E-state index is -0.0388. The SMILES string of the molecule is CC(N)c1nc2n(n1)CCCC2. The minimum absolute atomic E-state index is 0.0388. The zero-order valence-electron chi connectivity index (χ0n) is 7.32. The molecule has 2 heterocycles. The fourth-order valence-electron chi connectivity index (χ4n) is 1.50. The molecule has 1 atom stereocenters. The number of aromatic nitrogens is 3. The van der Waals surface area contributed by atoms with Crippen molar-refractivity contribution in [1.82, 2.24) is 14.8 Å². The van der Waals surface area contributed by atoms with Crippen LogP contribution in [0.5, 0.6) is 0 Å². The van der Waals surface area contributed by atoms with Crippen molar-refractivity contribution in [2.45, 2.75) is 38.8 Å². The Morgan fingerprint density at radius 3 is 3.00 bits per heavy atom. The van der Waals surface area contributed by atoms with Gasteiger partial charge in [-0.25, -0.2) is 9.67 Å². The summed E-state index contributed by atoms with van der Waals surface area (Å²) in [5.74, 6) is 1.89. The van der Waals surface area contributed by atoms with Crippen LogP contribution in [-0.4, -0.2) is 14.8 Å². The van der Waals surface area contributed by atoms with Crippen LogP contribution < -0.4 is 5.73 Å². The Morgan fingerprint density at radius 2 is 2.33 bits per heavy atom. The normalized spacial score (nSPS) is 18.8. The van der Waals surface area contributed by atoms with Crippen molar-refractivity contribution in [2.75, 3.05) is 0 Å². The molecular weight excluding hydrogens is 152 g/mol. The molecule has 0 bridgehead atoms. The fraction of sp³-hybridized carbons (Fsp3) is 0.750. The van der Waals surface area contributed by atoms with E-state index in [4.69, 9.17) is 5.73 Å². The lowest BCUT2D eigenvalue weighted by Crippen LogP contribution is -2.11. The summed E-state index contributed by atoms with van der Waals surface area (Å²) in [7, 11) is 0. The first-order chi connectivity index (χ1) is 5.77. The van der Waals surface area contributed by atoms with Gasteiger partial charge in [0, 0.05) is 13.0 Å². The molecule has 1 aliphatic rings. The van der Waals surface area contributed by atoms with Gasteiger partial charge in [0.25, 0.3) is 0 Å². The average molecular weight is 166 g/mol. The van der Waals surface area contributed by atoms with E-state index < -0.39 is 0 Å². The highest BCUT2D eigenvalue weighted by atomic mass is 15.4. The van der Waals surface area contributed by atoms with Gasteiger partial charge in [0.05, 0.1) is 6.04 Å². The fourth-order valence-corrected chi connectivity index (χ4v) is 1.50. The molecule has 4 nitrogen and oxygen atoms in total. The first-order valence-corrected chi connectivity index (χ1v) is 4.46. The molecular formula is C8H14N4. The molecule has 2 N–H and O–H groups in total. The summed E-state index contributed by atoms with van der Waals surface area (Å²) in [5, 5.41) is 4.33. The zero-order valence-corrected chi connectivity index (χ0v) is 7.32. The van der Waals surface area contributed by atoms with Gasteiger partial charge < -0.3 is 5.73 Å². The Bertz CT molecular complexity index is 253. The van der Waals surface area contributed by atoms with Crippen LogP contribution in [0.2, 0.25) is 0 Å². The average Bonchev–Trinajstić information content (AvgIpc) is 2.46. The summed E-state index contributed by atoms with van der Waals surface area (Å²) in [6.07, 6.45) is 3.51. The number of fused-ring (bicyclic) bond motifs is 1. The topological polar surface area (TPSA) is 56.7 Å². The highest BCUT2D eigenvalue weighted by Crippen LogP contribution is 2.13. The van der Waals surface area contributed by atoms with E-state index in [0.29, 0.717) is 0 Å². The van der Waals surface area contributed by atoms with Crippen molar-refractivity contribution in [1.29, 1.82) is 0 Å². The minimum Gasteiger partial charge on any atom is -0.321 e. The van der Waals surface area contributed by atoms with Gasteiger partial charge in [0.2, 0.25) is 0 Å². The van der Waals surface area contributed by atoms with Gasteiger partial charge in [-0.2, -0.15) is 5.10 Å². The third-order valence-electron chi connectivity index (χ3n) is 2.19. The van der Waals surface area contributed by atoms with E-state index in [9.17, 15) is 0 Å². The van der Waals surface area contributed by atoms with Crippen LogP contribution in [0.1, 0.15) is 37.5 Å². The smallest absolute Gasteiger partial charge is 0.167 e. The maximum Gasteiger partial charge on any atom is 0.167 e. The molecule has 66 valence electrons. The van der Waals surface area contributed by atoms with Crippen molar-refractivity contribution in [3.8, 4) is 0 Å². The van der Waals surface area contributed by atoms with E-state index in [1.807, 2.05) is 11.6 Å². The monoisotopic (exact) mass is 166 g/mol. The Labute approximate surface area is 71.8 Å². The first-order valence-electron chi connectivity index (χ1n) is 4.46. The van der Waals surface area contributed by atoms with Crippen molar-refractivity contribution >= 4 is 0 Å². The van der Waals surface area contributed by atoms with E-state index in [1.165, 1.54) is 12.8 Å². The van der Waals surface area contributed by atoms with Gasteiger partial charge in [0.1, 0.15) is 5.82 Å². The lowest BCUT2D eigenvalue weighted by molar-refractivity contribution is 0.477. The summed E-state index contributed by atoms with van der Waals surface area (Å²) in [6.45, 7) is 2.93. The predicted octanol–water partition coefficient (Wildman–Crippen LogP) is 0.634. The molecule has 0 aromatic carbocycles. The molecule has 12 heavy (non-hydrogen) atoms. The van der Waals surface area contributed by atoms with Gasteiger partial charge in [-0.05, 0) is 19.8 Å². The molecule has 1 aliphatic heterocycles. The number of hydrogen-bond acceptors (Lipinski definition) is 3. The van der Waals surface area contributed by atoms with Crippen LogP contribution in [0.25, 0.3) is 0 Å². The maximum atomic E-state index is 5.69. The second kappa shape index (κ2) is 2.86. The van der Waals surface area contributed by atoms with Crippen LogP contribution in [0.15, 0.2) is 0 Å². The molecule has 0 fully saturated rings. The number of rotatable bonds is 1. The molecule has 0 saturated carbocycles. The number of aryl methyl sites for hydroxylation is 2. The summed E-state index contributed by atoms with van der Waals surface area (Å²) >= 11 is 0. The van der Waals surface area contributed by atoms with Crippen molar-refractivity contribution < 1.29 is 0 Å². The summed E-state index contributed by atoms with van der Waals surface area (Å²) in [6, 6.07) is -0.0388. The second-order valence-electron chi connectivity index (χ2n) is 3.36. The largest absolute Gasteiger partial charge is 0.321 e. The van der Waals surface area contributed by atoms with Crippen LogP contribution in [0.4, 0.5) is 0 Å². The maximum absolute atomic E-state index is 5.69. The molecule has 0 radical (unpaired) electrons. The zero-order chi connectivity index (χ0) is 8.55. The lowest BCUT2D eigenvalue weighted by atomic mass is 10.2. The summed E-state index contributed by atoms with van der Waals surface area (Å²) in [5.41, 5.74) is 5.69. The first kappa shape index (κ1) is 7.73. The van der Waals surface area contributed by atoms with Gasteiger partial charge in [-0.1, -0.05) is 0 Å². The summed E-state index contributed by atoms with van der Waals surface area (Å²) in [4.78, 5) is 4.38. The third-order valence-corrected chi connectivity index (χ3v) is 2.19. The third kappa shape index (κ3) is 1.22. The summed E-state index contributed by atoms with van der Waals surface area (Å²) < 4.78 is 1.99. The Balaban J connectivity index is 2.32. The second-order valence-corrected chi connectivity index (χ2v) is 3.36. The van der Waals surface area contributed by atoms with Crippen molar-refractivity contribution in [2.24, 2.45) is 5.73 Å². The van der Waals surface area contributed by atoms with E-state index in [0.717, 1.165) is 24.6 Å². The van der Waals surface area contributed by atoms with Gasteiger partial charge in [-0.15, -0.1) is 0 Å². The van der Waals surface area contributed by atoms with Gasteiger partial charge in [0.15, 0.2) is 5.82 Å². The lowest BCUT2D eigenvalue weighted by Gasteiger charge is -2.09. The van der Waals surface area contributed by atoms with Crippen LogP contribution in [0, 0.1) is 0 Å². The van der Waals surface area contributed by atoms with Crippen LogP contribution in [-0.2, 0) is 13.0 Å². The van der Waals surface area contributed by atoms with Crippen LogP contribution >= 0.6 is 0 Å². The molecule has 1 unspecified atom stereocenters.